The largest absolute Gasteiger partial charge is 0.323 e. The lowest BCUT2D eigenvalue weighted by atomic mass is 10.0. The van der Waals surface area contributed by atoms with E-state index < -0.39 is 0 Å². The lowest BCUT2D eigenvalue weighted by molar-refractivity contribution is 0.583. The molecule has 1 nitrogen and oxygen atoms in total. The molecule has 2 heterocycles. The lowest BCUT2D eigenvalue weighted by Crippen LogP contribution is -2.25. The third-order valence-electron chi connectivity index (χ3n) is 2.54. The van der Waals surface area contributed by atoms with Crippen LogP contribution in [0.15, 0.2) is 16.8 Å². The van der Waals surface area contributed by atoms with Crippen molar-refractivity contribution in [2.24, 2.45) is 5.73 Å². The molecule has 2 rings (SSSR count). The van der Waals surface area contributed by atoms with Crippen LogP contribution >= 0.6 is 23.1 Å². The summed E-state index contributed by atoms with van der Waals surface area (Å²) in [6.45, 7) is 0. The highest BCUT2D eigenvalue weighted by Gasteiger charge is 2.22. The van der Waals surface area contributed by atoms with Gasteiger partial charge < -0.3 is 5.73 Å². The third-order valence-corrected chi connectivity index (χ3v) is 4.73. The SMILES string of the molecule is NC(c1ccsc1)C1CCCCS1. The van der Waals surface area contributed by atoms with Crippen LogP contribution in [-0.2, 0) is 0 Å². The molecule has 0 bridgehead atoms. The van der Waals surface area contributed by atoms with E-state index in [1.807, 2.05) is 11.8 Å². The van der Waals surface area contributed by atoms with Crippen LogP contribution in [0, 0.1) is 0 Å². The normalized spacial score (nSPS) is 25.8. The van der Waals surface area contributed by atoms with Crippen molar-refractivity contribution in [2.45, 2.75) is 30.6 Å². The molecular weight excluding hydrogens is 198 g/mol. The summed E-state index contributed by atoms with van der Waals surface area (Å²) in [5.74, 6) is 1.29. The van der Waals surface area contributed by atoms with Gasteiger partial charge in [-0.15, -0.1) is 0 Å². The number of rotatable bonds is 2. The van der Waals surface area contributed by atoms with Gasteiger partial charge in [0.1, 0.15) is 0 Å². The lowest BCUT2D eigenvalue weighted by Gasteiger charge is -2.26. The number of thioether (sulfide) groups is 1. The Morgan fingerprint density at radius 1 is 1.46 bits per heavy atom. The molecule has 0 aromatic carbocycles. The molecule has 0 radical (unpaired) electrons. The average molecular weight is 213 g/mol. The van der Waals surface area contributed by atoms with Crippen LogP contribution < -0.4 is 5.73 Å². The highest BCUT2D eigenvalue weighted by Crippen LogP contribution is 2.33. The maximum absolute atomic E-state index is 6.20. The molecule has 0 amide bonds. The molecule has 0 saturated carbocycles. The Labute approximate surface area is 87.7 Å². The Hall–Kier alpha value is 0.01000. The first kappa shape index (κ1) is 9.56. The number of nitrogens with two attached hydrogens (primary N) is 1. The number of hydrogen-bond acceptors (Lipinski definition) is 3. The van der Waals surface area contributed by atoms with Gasteiger partial charge in [-0.25, -0.2) is 0 Å². The van der Waals surface area contributed by atoms with Gasteiger partial charge in [0.05, 0.1) is 0 Å². The van der Waals surface area contributed by atoms with E-state index in [-0.39, 0.29) is 6.04 Å². The third kappa shape index (κ3) is 2.27. The van der Waals surface area contributed by atoms with E-state index >= 15 is 0 Å². The first-order valence-corrected chi connectivity index (χ1v) is 6.76. The van der Waals surface area contributed by atoms with E-state index in [1.165, 1.54) is 30.6 Å². The second-order valence-electron chi connectivity index (χ2n) is 3.49. The zero-order valence-corrected chi connectivity index (χ0v) is 9.24. The van der Waals surface area contributed by atoms with Gasteiger partial charge in [0.25, 0.3) is 0 Å². The standard InChI is InChI=1S/C10H15NS2/c11-10(8-4-6-12-7-8)9-3-1-2-5-13-9/h4,6-7,9-10H,1-3,5,11H2. The molecule has 1 aromatic rings. The van der Waals surface area contributed by atoms with Gasteiger partial charge >= 0.3 is 0 Å². The summed E-state index contributed by atoms with van der Waals surface area (Å²) in [5.41, 5.74) is 7.52. The molecule has 1 fully saturated rings. The van der Waals surface area contributed by atoms with Crippen molar-refractivity contribution in [3.63, 3.8) is 0 Å². The molecule has 2 unspecified atom stereocenters. The van der Waals surface area contributed by atoms with Crippen LogP contribution in [0.3, 0.4) is 0 Å². The summed E-state index contributed by atoms with van der Waals surface area (Å²) in [7, 11) is 0. The maximum Gasteiger partial charge on any atom is 0.0423 e. The quantitative estimate of drug-likeness (QED) is 0.817. The van der Waals surface area contributed by atoms with Crippen LogP contribution in [0.4, 0.5) is 0 Å². The summed E-state index contributed by atoms with van der Waals surface area (Å²) >= 11 is 3.79. The van der Waals surface area contributed by atoms with Crippen molar-refractivity contribution in [3.05, 3.63) is 22.4 Å². The molecule has 1 aromatic heterocycles. The fourth-order valence-electron chi connectivity index (χ4n) is 1.73. The van der Waals surface area contributed by atoms with E-state index in [2.05, 4.69) is 16.8 Å². The number of thiophene rings is 1. The average Bonchev–Trinajstić information content (AvgIpc) is 2.71. The predicted molar refractivity (Wildman–Crippen MR) is 61.3 cm³/mol. The summed E-state index contributed by atoms with van der Waals surface area (Å²) in [5, 5.41) is 4.95. The van der Waals surface area contributed by atoms with Crippen molar-refractivity contribution in [1.29, 1.82) is 0 Å². The fourth-order valence-corrected chi connectivity index (χ4v) is 3.81. The van der Waals surface area contributed by atoms with E-state index in [1.54, 1.807) is 11.3 Å². The summed E-state index contributed by atoms with van der Waals surface area (Å²) < 4.78 is 0. The highest BCUT2D eigenvalue weighted by atomic mass is 32.2. The number of hydrogen-bond donors (Lipinski definition) is 1. The molecule has 3 heteroatoms. The predicted octanol–water partition coefficient (Wildman–Crippen LogP) is 3.03. The van der Waals surface area contributed by atoms with Gasteiger partial charge in [0.15, 0.2) is 0 Å². The molecule has 2 atom stereocenters. The summed E-state index contributed by atoms with van der Waals surface area (Å²) in [4.78, 5) is 0. The molecular formula is C10H15NS2. The van der Waals surface area contributed by atoms with Crippen LogP contribution in [-0.4, -0.2) is 11.0 Å². The van der Waals surface area contributed by atoms with Gasteiger partial charge in [-0.05, 0) is 41.0 Å². The minimum absolute atomic E-state index is 0.261. The molecule has 1 aliphatic rings. The molecule has 0 spiro atoms. The van der Waals surface area contributed by atoms with Gasteiger partial charge in [-0.1, -0.05) is 6.42 Å². The molecule has 13 heavy (non-hydrogen) atoms. The summed E-state index contributed by atoms with van der Waals surface area (Å²) in [6, 6.07) is 2.42. The Balaban J connectivity index is 1.99. The first-order valence-electron chi connectivity index (χ1n) is 4.77. The second-order valence-corrected chi connectivity index (χ2v) is 5.61. The van der Waals surface area contributed by atoms with Gasteiger partial charge in [-0.2, -0.15) is 23.1 Å². The Morgan fingerprint density at radius 2 is 2.38 bits per heavy atom. The minimum Gasteiger partial charge on any atom is -0.323 e. The molecule has 72 valence electrons. The minimum atomic E-state index is 0.261. The van der Waals surface area contributed by atoms with E-state index in [0.717, 1.165) is 0 Å². The zero-order valence-electron chi connectivity index (χ0n) is 7.61. The van der Waals surface area contributed by atoms with Gasteiger partial charge in [0, 0.05) is 11.3 Å². The van der Waals surface area contributed by atoms with Gasteiger partial charge in [-0.3, -0.25) is 0 Å². The van der Waals surface area contributed by atoms with E-state index in [9.17, 15) is 0 Å². The van der Waals surface area contributed by atoms with Crippen LogP contribution in [0.5, 0.6) is 0 Å². The topological polar surface area (TPSA) is 26.0 Å². The van der Waals surface area contributed by atoms with E-state index in [4.69, 9.17) is 5.73 Å². The molecule has 1 saturated heterocycles. The second kappa shape index (κ2) is 4.49. The molecule has 1 aliphatic heterocycles. The Morgan fingerprint density at radius 3 is 3.00 bits per heavy atom. The highest BCUT2D eigenvalue weighted by molar-refractivity contribution is 8.00. The van der Waals surface area contributed by atoms with Crippen LogP contribution in [0.25, 0.3) is 0 Å². The van der Waals surface area contributed by atoms with Crippen molar-refractivity contribution in [3.8, 4) is 0 Å². The first-order chi connectivity index (χ1) is 6.38. The monoisotopic (exact) mass is 213 g/mol. The Kier molecular flexibility index (Phi) is 3.30. The fraction of sp³-hybridized carbons (Fsp3) is 0.600. The smallest absolute Gasteiger partial charge is 0.0423 e. The van der Waals surface area contributed by atoms with Crippen molar-refractivity contribution >= 4 is 23.1 Å². The van der Waals surface area contributed by atoms with E-state index in [0.29, 0.717) is 5.25 Å². The Bertz CT molecular complexity index is 239. The van der Waals surface area contributed by atoms with Crippen LogP contribution in [0.1, 0.15) is 30.9 Å². The van der Waals surface area contributed by atoms with Crippen molar-refractivity contribution in [1.82, 2.24) is 0 Å². The van der Waals surface area contributed by atoms with Crippen molar-refractivity contribution in [2.75, 3.05) is 5.75 Å². The van der Waals surface area contributed by atoms with Crippen LogP contribution in [0.2, 0.25) is 0 Å². The molecule has 0 aliphatic carbocycles. The van der Waals surface area contributed by atoms with Gasteiger partial charge in [0.2, 0.25) is 0 Å². The summed E-state index contributed by atoms with van der Waals surface area (Å²) in [6.07, 6.45) is 4.02. The maximum atomic E-state index is 6.20. The van der Waals surface area contributed by atoms with Crippen molar-refractivity contribution < 1.29 is 0 Å². The molecule has 2 N–H and O–H groups in total. The zero-order chi connectivity index (χ0) is 9.10.